The molecule has 134 valence electrons. The normalized spacial score (nSPS) is 11.5. The fraction of sp³-hybridized carbons (Fsp3) is 0. The predicted molar refractivity (Wildman–Crippen MR) is 101 cm³/mol. The SMILES string of the molecule is N#[N+]c1cccc(N=C([O-])c2ccc(C([O-])=Nc3cccc([N+]#N)c3)cc2)c1. The maximum atomic E-state index is 12.3. The maximum absolute atomic E-state index is 12.3. The van der Waals surface area contributed by atoms with Gasteiger partial charge in [0.15, 0.2) is 9.95 Å². The van der Waals surface area contributed by atoms with Crippen LogP contribution in [0.15, 0.2) is 82.8 Å². The predicted octanol–water partition coefficient (Wildman–Crippen LogP) is 3.53. The highest BCUT2D eigenvalue weighted by Gasteiger charge is 2.05. The van der Waals surface area contributed by atoms with Crippen molar-refractivity contribution in [2.45, 2.75) is 0 Å². The van der Waals surface area contributed by atoms with Gasteiger partial charge >= 0.3 is 11.4 Å². The standard InChI is InChI=1S/C20H12N6O2/c21-25-17-5-1-3-15(11-17)23-19(27)13-7-9-14(10-8-13)20(28)24-16-4-2-6-18(12-16)26-22/h1-12H. The average molecular weight is 368 g/mol. The van der Waals surface area contributed by atoms with Gasteiger partial charge in [-0.15, -0.1) is 0 Å². The second-order valence-corrected chi connectivity index (χ2v) is 5.65. The van der Waals surface area contributed by atoms with Crippen molar-refractivity contribution in [3.8, 4) is 0 Å². The van der Waals surface area contributed by atoms with E-state index < -0.39 is 11.8 Å². The Morgan fingerprint density at radius 3 is 1.39 bits per heavy atom. The fourth-order valence-electron chi connectivity index (χ4n) is 2.37. The van der Waals surface area contributed by atoms with Crippen molar-refractivity contribution in [2.24, 2.45) is 9.98 Å². The quantitative estimate of drug-likeness (QED) is 0.396. The molecular weight excluding hydrogens is 356 g/mol. The van der Waals surface area contributed by atoms with Crippen LogP contribution >= 0.6 is 0 Å². The van der Waals surface area contributed by atoms with E-state index in [-0.39, 0.29) is 11.4 Å². The molecular formula is C20H12N6O2. The first-order valence-electron chi connectivity index (χ1n) is 8.11. The van der Waals surface area contributed by atoms with E-state index in [1.807, 2.05) is 0 Å². The van der Waals surface area contributed by atoms with E-state index in [1.54, 1.807) is 36.4 Å². The second-order valence-electron chi connectivity index (χ2n) is 5.65. The van der Waals surface area contributed by atoms with Gasteiger partial charge in [0.05, 0.1) is 23.5 Å². The van der Waals surface area contributed by atoms with Crippen molar-refractivity contribution >= 4 is 34.5 Å². The van der Waals surface area contributed by atoms with E-state index in [4.69, 9.17) is 10.8 Å². The van der Waals surface area contributed by atoms with Gasteiger partial charge < -0.3 is 10.2 Å². The van der Waals surface area contributed by atoms with Crippen LogP contribution in [0.1, 0.15) is 11.1 Å². The van der Waals surface area contributed by atoms with Crippen molar-refractivity contribution < 1.29 is 10.2 Å². The zero-order chi connectivity index (χ0) is 19.9. The number of nitrogens with zero attached hydrogens (tertiary/aromatic N) is 6. The number of hydrogen-bond acceptors (Lipinski definition) is 6. The number of benzene rings is 3. The van der Waals surface area contributed by atoms with Crippen LogP contribution in [-0.4, -0.2) is 11.8 Å². The van der Waals surface area contributed by atoms with Crippen LogP contribution in [0.3, 0.4) is 0 Å². The van der Waals surface area contributed by atoms with E-state index in [2.05, 4.69) is 19.9 Å². The lowest BCUT2D eigenvalue weighted by molar-refractivity contribution is -0.213. The molecule has 8 nitrogen and oxygen atoms in total. The molecule has 0 N–H and O–H groups in total. The highest BCUT2D eigenvalue weighted by atomic mass is 16.3. The Labute approximate surface area is 160 Å². The lowest BCUT2D eigenvalue weighted by Gasteiger charge is -2.14. The summed E-state index contributed by atoms with van der Waals surface area (Å²) < 4.78 is 0. The monoisotopic (exact) mass is 368 g/mol. The summed E-state index contributed by atoms with van der Waals surface area (Å²) in [6.45, 7) is 0. The van der Waals surface area contributed by atoms with Crippen LogP contribution in [0.2, 0.25) is 0 Å². The van der Waals surface area contributed by atoms with Crippen molar-refractivity contribution in [3.63, 3.8) is 0 Å². The number of hydrogen-bond donors (Lipinski definition) is 0. The minimum Gasteiger partial charge on any atom is -0.858 e. The maximum Gasteiger partial charge on any atom is 0.387 e. The minimum atomic E-state index is -0.497. The van der Waals surface area contributed by atoms with Crippen LogP contribution in [0.4, 0.5) is 22.7 Å². The summed E-state index contributed by atoms with van der Waals surface area (Å²) >= 11 is 0. The molecule has 0 saturated carbocycles. The number of rotatable bonds is 4. The van der Waals surface area contributed by atoms with Crippen LogP contribution in [0.25, 0.3) is 9.95 Å². The highest BCUT2D eigenvalue weighted by Crippen LogP contribution is 2.22. The van der Waals surface area contributed by atoms with E-state index in [0.717, 1.165) is 0 Å². The van der Waals surface area contributed by atoms with Gasteiger partial charge in [0.25, 0.3) is 0 Å². The Morgan fingerprint density at radius 1 is 0.643 bits per heavy atom. The molecule has 0 aliphatic heterocycles. The molecule has 0 unspecified atom stereocenters. The summed E-state index contributed by atoms with van der Waals surface area (Å²) in [6, 6.07) is 18.4. The Balaban J connectivity index is 1.82. The van der Waals surface area contributed by atoms with E-state index >= 15 is 0 Å². The van der Waals surface area contributed by atoms with Crippen molar-refractivity contribution in [1.29, 1.82) is 10.8 Å². The molecule has 0 aliphatic rings. The van der Waals surface area contributed by atoms with Crippen LogP contribution < -0.4 is 10.2 Å². The van der Waals surface area contributed by atoms with E-state index in [1.165, 1.54) is 36.4 Å². The van der Waals surface area contributed by atoms with Gasteiger partial charge in [-0.3, -0.25) is 9.98 Å². The Bertz CT molecular complexity index is 1060. The fourth-order valence-corrected chi connectivity index (χ4v) is 2.37. The molecule has 0 bridgehead atoms. The van der Waals surface area contributed by atoms with E-state index in [9.17, 15) is 10.2 Å². The third-order valence-corrected chi connectivity index (χ3v) is 3.73. The second kappa shape index (κ2) is 8.21. The van der Waals surface area contributed by atoms with Crippen molar-refractivity contribution in [1.82, 2.24) is 0 Å². The Kier molecular flexibility index (Phi) is 5.35. The first kappa shape index (κ1) is 18.2. The summed E-state index contributed by atoms with van der Waals surface area (Å²) in [5.41, 5.74) is 1.87. The lowest BCUT2D eigenvalue weighted by atomic mass is 10.1. The highest BCUT2D eigenvalue weighted by molar-refractivity contribution is 5.96. The summed E-state index contributed by atoms with van der Waals surface area (Å²) in [6.07, 6.45) is 0. The molecule has 8 heteroatoms. The molecule has 0 aliphatic carbocycles. The van der Waals surface area contributed by atoms with Crippen molar-refractivity contribution in [3.05, 3.63) is 93.9 Å². The number of diazo groups is 2. The van der Waals surface area contributed by atoms with Gasteiger partial charge in [-0.1, -0.05) is 36.4 Å². The molecule has 3 aromatic rings. The van der Waals surface area contributed by atoms with Gasteiger partial charge in [-0.2, -0.15) is 0 Å². The number of aliphatic imine (C=N–C) groups is 2. The zero-order valence-electron chi connectivity index (χ0n) is 14.4. The average Bonchev–Trinajstić information content (AvgIpc) is 2.74. The third-order valence-electron chi connectivity index (χ3n) is 3.73. The smallest absolute Gasteiger partial charge is 0.387 e. The molecule has 0 heterocycles. The zero-order valence-corrected chi connectivity index (χ0v) is 14.4. The van der Waals surface area contributed by atoms with Gasteiger partial charge in [0.2, 0.25) is 10.8 Å². The van der Waals surface area contributed by atoms with E-state index in [0.29, 0.717) is 22.5 Å². The molecule has 0 spiro atoms. The summed E-state index contributed by atoms with van der Waals surface area (Å²) in [5.74, 6) is -0.994. The molecule has 3 aromatic carbocycles. The minimum absolute atomic E-state index is 0.287. The molecule has 3 rings (SSSR count). The Hall–Kier alpha value is -4.56. The molecule has 0 aromatic heterocycles. The largest absolute Gasteiger partial charge is 0.858 e. The third kappa shape index (κ3) is 4.34. The Morgan fingerprint density at radius 2 is 1.04 bits per heavy atom. The van der Waals surface area contributed by atoms with Crippen LogP contribution in [0.5, 0.6) is 0 Å². The summed E-state index contributed by atoms with van der Waals surface area (Å²) in [4.78, 5) is 14.0. The van der Waals surface area contributed by atoms with Gasteiger partial charge in [-0.05, 0) is 35.1 Å². The lowest BCUT2D eigenvalue weighted by Crippen LogP contribution is -2.20. The summed E-state index contributed by atoms with van der Waals surface area (Å²) in [5, 5.41) is 42.0. The van der Waals surface area contributed by atoms with Crippen molar-refractivity contribution in [2.75, 3.05) is 0 Å². The first-order chi connectivity index (χ1) is 13.6. The first-order valence-corrected chi connectivity index (χ1v) is 8.11. The molecule has 0 amide bonds. The molecule has 28 heavy (non-hydrogen) atoms. The summed E-state index contributed by atoms with van der Waals surface area (Å²) in [7, 11) is 0. The van der Waals surface area contributed by atoms with Gasteiger partial charge in [0, 0.05) is 12.1 Å². The molecule has 0 fully saturated rings. The molecule has 0 saturated heterocycles. The topological polar surface area (TPSA) is 127 Å². The molecule has 0 atom stereocenters. The van der Waals surface area contributed by atoms with Gasteiger partial charge in [-0.25, -0.2) is 0 Å². The van der Waals surface area contributed by atoms with Crippen LogP contribution in [0, 0.1) is 10.8 Å². The molecule has 0 radical (unpaired) electrons. The van der Waals surface area contributed by atoms with Crippen LogP contribution in [-0.2, 0) is 0 Å². The van der Waals surface area contributed by atoms with Gasteiger partial charge in [0.1, 0.15) is 0 Å².